The monoisotopic (exact) mass is 180 g/mol. The van der Waals surface area contributed by atoms with Crippen LogP contribution < -0.4 is 0 Å². The number of rotatable bonds is 5. The van der Waals surface area contributed by atoms with E-state index in [1.54, 1.807) is 0 Å². The van der Waals surface area contributed by atoms with E-state index in [2.05, 4.69) is 19.1 Å². The molecule has 0 saturated carbocycles. The summed E-state index contributed by atoms with van der Waals surface area (Å²) in [5.74, 6) is -0.772. The van der Waals surface area contributed by atoms with E-state index in [9.17, 15) is 4.79 Å². The lowest BCUT2D eigenvalue weighted by molar-refractivity contribution is -0.321. The zero-order valence-corrected chi connectivity index (χ0v) is 7.14. The summed E-state index contributed by atoms with van der Waals surface area (Å²) in [5, 5.41) is 8.30. The Balaban J connectivity index is 4.19. The van der Waals surface area contributed by atoms with Crippen molar-refractivity contribution in [2.75, 3.05) is 21.3 Å². The van der Waals surface area contributed by atoms with Crippen LogP contribution in [0.3, 0.4) is 0 Å². The topological polar surface area (TPSA) is 74.2 Å². The molecule has 1 atom stereocenters. The molecule has 0 amide bonds. The van der Waals surface area contributed by atoms with Crippen LogP contribution in [0.5, 0.6) is 0 Å². The lowest BCUT2D eigenvalue weighted by Gasteiger charge is -2.19. The first kappa shape index (κ1) is 11.3. The third-order valence-corrected chi connectivity index (χ3v) is 1.26. The largest absolute Gasteiger partial charge is 0.467 e. The standard InChI is InChI=1S/C6H12O6/c1-9-5(7)4(12-8)6(10-2)11-3/h4,6,8H,1-3H3. The van der Waals surface area contributed by atoms with Gasteiger partial charge < -0.3 is 14.2 Å². The van der Waals surface area contributed by atoms with Crippen molar-refractivity contribution in [2.45, 2.75) is 12.4 Å². The van der Waals surface area contributed by atoms with Gasteiger partial charge >= 0.3 is 5.97 Å². The van der Waals surface area contributed by atoms with Crippen molar-refractivity contribution < 1.29 is 29.1 Å². The Morgan fingerprint density at radius 2 is 1.75 bits per heavy atom. The van der Waals surface area contributed by atoms with E-state index in [0.717, 1.165) is 7.11 Å². The van der Waals surface area contributed by atoms with Gasteiger partial charge in [-0.3, -0.25) is 5.26 Å². The van der Waals surface area contributed by atoms with Gasteiger partial charge in [-0.15, -0.1) is 0 Å². The molecule has 72 valence electrons. The highest BCUT2D eigenvalue weighted by Crippen LogP contribution is 2.04. The first-order chi connectivity index (χ1) is 5.71. The minimum Gasteiger partial charge on any atom is -0.467 e. The van der Waals surface area contributed by atoms with Gasteiger partial charge in [0.1, 0.15) is 0 Å². The number of ether oxygens (including phenoxy) is 3. The summed E-state index contributed by atoms with van der Waals surface area (Å²) in [6.45, 7) is 0. The molecule has 6 heteroatoms. The predicted octanol–water partition coefficient (Wildman–Crippen LogP) is -0.363. The van der Waals surface area contributed by atoms with Gasteiger partial charge in [-0.2, -0.15) is 0 Å². The van der Waals surface area contributed by atoms with Crippen LogP contribution in [0.15, 0.2) is 0 Å². The second-order valence-electron chi connectivity index (χ2n) is 1.89. The fourth-order valence-electron chi connectivity index (χ4n) is 0.663. The maximum Gasteiger partial charge on any atom is 0.343 e. The summed E-state index contributed by atoms with van der Waals surface area (Å²) < 4.78 is 13.6. The van der Waals surface area contributed by atoms with Gasteiger partial charge in [0.2, 0.25) is 6.10 Å². The van der Waals surface area contributed by atoms with Crippen molar-refractivity contribution in [3.05, 3.63) is 0 Å². The molecule has 0 aliphatic carbocycles. The van der Waals surface area contributed by atoms with Crippen LogP contribution in [0.25, 0.3) is 0 Å². The SMILES string of the molecule is COC(=O)C(OO)C(OC)OC. The van der Waals surface area contributed by atoms with E-state index in [0.29, 0.717) is 0 Å². The van der Waals surface area contributed by atoms with Crippen LogP contribution in [0.1, 0.15) is 0 Å². The Morgan fingerprint density at radius 1 is 1.25 bits per heavy atom. The first-order valence-corrected chi connectivity index (χ1v) is 3.14. The summed E-state index contributed by atoms with van der Waals surface area (Å²) in [7, 11) is 3.78. The highest BCUT2D eigenvalue weighted by atomic mass is 17.1. The highest BCUT2D eigenvalue weighted by molar-refractivity contribution is 5.74. The molecule has 12 heavy (non-hydrogen) atoms. The summed E-state index contributed by atoms with van der Waals surface area (Å²) in [5.41, 5.74) is 0. The third-order valence-electron chi connectivity index (χ3n) is 1.26. The number of hydrogen-bond donors (Lipinski definition) is 1. The van der Waals surface area contributed by atoms with Crippen LogP contribution in [-0.2, 0) is 23.9 Å². The fraction of sp³-hybridized carbons (Fsp3) is 0.833. The molecule has 0 rings (SSSR count). The van der Waals surface area contributed by atoms with E-state index in [1.807, 2.05) is 0 Å². The second kappa shape index (κ2) is 5.90. The van der Waals surface area contributed by atoms with Gasteiger partial charge in [-0.05, 0) is 0 Å². The maximum atomic E-state index is 10.8. The second-order valence-corrected chi connectivity index (χ2v) is 1.89. The molecule has 0 fully saturated rings. The maximum absolute atomic E-state index is 10.8. The molecule has 0 saturated heterocycles. The Labute approximate surface area is 69.9 Å². The average Bonchev–Trinajstić information content (AvgIpc) is 2.12. The van der Waals surface area contributed by atoms with Crippen molar-refractivity contribution in [1.29, 1.82) is 0 Å². The molecule has 0 radical (unpaired) electrons. The molecule has 6 nitrogen and oxygen atoms in total. The molecule has 0 spiro atoms. The summed E-state index contributed by atoms with van der Waals surface area (Å²) in [4.78, 5) is 14.7. The van der Waals surface area contributed by atoms with Gasteiger partial charge in [0.05, 0.1) is 7.11 Å². The zero-order chi connectivity index (χ0) is 9.56. The van der Waals surface area contributed by atoms with Gasteiger partial charge in [0, 0.05) is 14.2 Å². The molecule has 1 N–H and O–H groups in total. The van der Waals surface area contributed by atoms with Crippen LogP contribution in [0.4, 0.5) is 0 Å². The van der Waals surface area contributed by atoms with Gasteiger partial charge in [-0.1, -0.05) is 0 Å². The highest BCUT2D eigenvalue weighted by Gasteiger charge is 2.30. The molecular weight excluding hydrogens is 168 g/mol. The van der Waals surface area contributed by atoms with Gasteiger partial charge in [-0.25, -0.2) is 9.68 Å². The number of carbonyl (C=O) groups is 1. The molecule has 1 unspecified atom stereocenters. The normalized spacial score (nSPS) is 13.1. The van der Waals surface area contributed by atoms with Crippen molar-refractivity contribution >= 4 is 5.97 Å². The molecule has 0 aliphatic heterocycles. The fourth-order valence-corrected chi connectivity index (χ4v) is 0.663. The summed E-state index contributed by atoms with van der Waals surface area (Å²) in [6, 6.07) is 0. The minimum atomic E-state index is -1.29. The van der Waals surface area contributed by atoms with Gasteiger partial charge in [0.15, 0.2) is 6.29 Å². The van der Waals surface area contributed by atoms with E-state index < -0.39 is 18.4 Å². The molecular formula is C6H12O6. The molecule has 0 aromatic rings. The average molecular weight is 180 g/mol. The number of carbonyl (C=O) groups excluding carboxylic acids is 1. The van der Waals surface area contributed by atoms with Crippen molar-refractivity contribution in [3.63, 3.8) is 0 Å². The van der Waals surface area contributed by atoms with Crippen LogP contribution in [-0.4, -0.2) is 44.9 Å². The lowest BCUT2D eigenvalue weighted by atomic mass is 10.3. The van der Waals surface area contributed by atoms with Crippen molar-refractivity contribution in [1.82, 2.24) is 0 Å². The van der Waals surface area contributed by atoms with E-state index >= 15 is 0 Å². The summed E-state index contributed by atoms with van der Waals surface area (Å²) in [6.07, 6.45) is -2.27. The Morgan fingerprint density at radius 3 is 2.00 bits per heavy atom. The van der Waals surface area contributed by atoms with Crippen LogP contribution in [0, 0.1) is 0 Å². The Bertz CT molecular complexity index is 132. The molecule has 0 aromatic heterocycles. The summed E-state index contributed by atoms with van der Waals surface area (Å²) >= 11 is 0. The molecule has 0 aliphatic rings. The third kappa shape index (κ3) is 2.74. The van der Waals surface area contributed by atoms with Gasteiger partial charge in [0.25, 0.3) is 0 Å². The van der Waals surface area contributed by atoms with E-state index in [4.69, 9.17) is 5.26 Å². The number of esters is 1. The smallest absolute Gasteiger partial charge is 0.343 e. The van der Waals surface area contributed by atoms with Crippen LogP contribution >= 0.6 is 0 Å². The Hall–Kier alpha value is -0.690. The van der Waals surface area contributed by atoms with Crippen molar-refractivity contribution in [3.8, 4) is 0 Å². The van der Waals surface area contributed by atoms with Crippen LogP contribution in [0.2, 0.25) is 0 Å². The van der Waals surface area contributed by atoms with Crippen molar-refractivity contribution in [2.24, 2.45) is 0 Å². The molecule has 0 heterocycles. The quantitative estimate of drug-likeness (QED) is 0.269. The first-order valence-electron chi connectivity index (χ1n) is 3.14. The lowest BCUT2D eigenvalue weighted by Crippen LogP contribution is -2.39. The molecule has 0 aromatic carbocycles. The minimum absolute atomic E-state index is 0.772. The number of methoxy groups -OCH3 is 3. The number of hydrogen-bond acceptors (Lipinski definition) is 6. The van der Waals surface area contributed by atoms with E-state index in [-0.39, 0.29) is 0 Å². The zero-order valence-electron chi connectivity index (χ0n) is 7.14. The predicted molar refractivity (Wildman–Crippen MR) is 37.3 cm³/mol. The molecule has 0 bridgehead atoms. The van der Waals surface area contributed by atoms with E-state index in [1.165, 1.54) is 14.2 Å². The Kier molecular flexibility index (Phi) is 5.56.